The van der Waals surface area contributed by atoms with Crippen LogP contribution in [0.25, 0.3) is 0 Å². The van der Waals surface area contributed by atoms with E-state index in [1.807, 2.05) is 6.92 Å². The molecule has 0 spiro atoms. The maximum atomic E-state index is 12.2. The molecule has 1 aliphatic heterocycles. The Labute approximate surface area is 121 Å². The van der Waals surface area contributed by atoms with Crippen LogP contribution >= 0.6 is 0 Å². The quantitative estimate of drug-likeness (QED) is 0.774. The van der Waals surface area contributed by atoms with Crippen molar-refractivity contribution in [3.63, 3.8) is 0 Å². The molecule has 0 unspecified atom stereocenters. The summed E-state index contributed by atoms with van der Waals surface area (Å²) in [5, 5.41) is 0. The van der Waals surface area contributed by atoms with E-state index in [0.29, 0.717) is 12.2 Å². The van der Waals surface area contributed by atoms with Crippen LogP contribution in [0.15, 0.2) is 23.1 Å². The fourth-order valence-electron chi connectivity index (χ4n) is 2.49. The zero-order valence-corrected chi connectivity index (χ0v) is 12.7. The van der Waals surface area contributed by atoms with Crippen LogP contribution in [0, 0.1) is 0 Å². The molecule has 3 N–H and O–H groups in total. The number of benzene rings is 1. The van der Waals surface area contributed by atoms with Crippen LogP contribution in [0.4, 0.5) is 5.69 Å². The average molecular weight is 297 g/mol. The molecule has 1 saturated heterocycles. The van der Waals surface area contributed by atoms with Gasteiger partial charge in [0, 0.05) is 18.8 Å². The zero-order chi connectivity index (χ0) is 14.6. The van der Waals surface area contributed by atoms with E-state index in [-0.39, 0.29) is 4.90 Å². The number of nitrogens with one attached hydrogen (secondary N) is 1. The normalized spacial score (nSPS) is 16.6. The molecule has 0 atom stereocenters. The molecular weight excluding hydrogens is 274 g/mol. The third-order valence-electron chi connectivity index (χ3n) is 3.73. The van der Waals surface area contributed by atoms with Gasteiger partial charge in [0.25, 0.3) is 0 Å². The fraction of sp³-hybridized carbons (Fsp3) is 0.571. The largest absolute Gasteiger partial charge is 0.398 e. The van der Waals surface area contributed by atoms with Gasteiger partial charge in [0.15, 0.2) is 0 Å². The topological polar surface area (TPSA) is 75.4 Å². The van der Waals surface area contributed by atoms with Crippen LogP contribution < -0.4 is 10.5 Å². The Hall–Kier alpha value is -1.11. The first-order valence-corrected chi connectivity index (χ1v) is 8.61. The highest BCUT2D eigenvalue weighted by molar-refractivity contribution is 7.89. The fourth-order valence-corrected chi connectivity index (χ4v) is 3.55. The molecule has 5 nitrogen and oxygen atoms in total. The van der Waals surface area contributed by atoms with Gasteiger partial charge in [0.2, 0.25) is 10.0 Å². The summed E-state index contributed by atoms with van der Waals surface area (Å²) in [5.41, 5.74) is 7.37. The lowest BCUT2D eigenvalue weighted by molar-refractivity contribution is 0.344. The highest BCUT2D eigenvalue weighted by Crippen LogP contribution is 2.18. The Morgan fingerprint density at radius 2 is 2.00 bits per heavy atom. The highest BCUT2D eigenvalue weighted by Gasteiger charge is 2.16. The molecule has 0 saturated carbocycles. The monoisotopic (exact) mass is 297 g/mol. The number of hydrogen-bond donors (Lipinski definition) is 2. The lowest BCUT2D eigenvalue weighted by atomic mass is 10.1. The minimum absolute atomic E-state index is 0.244. The predicted molar refractivity (Wildman–Crippen MR) is 81.1 cm³/mol. The summed E-state index contributed by atoms with van der Waals surface area (Å²) in [6.45, 7) is 5.34. The molecule has 0 radical (unpaired) electrons. The van der Waals surface area contributed by atoms with Crippen molar-refractivity contribution in [1.82, 2.24) is 9.62 Å². The molecule has 2 rings (SSSR count). The zero-order valence-electron chi connectivity index (χ0n) is 11.9. The van der Waals surface area contributed by atoms with Crippen molar-refractivity contribution in [3.8, 4) is 0 Å². The van der Waals surface area contributed by atoms with E-state index >= 15 is 0 Å². The number of nitrogen functional groups attached to an aromatic ring is 1. The Bertz CT molecular complexity index is 552. The van der Waals surface area contributed by atoms with Crippen LogP contribution in [0.1, 0.15) is 25.3 Å². The minimum atomic E-state index is -3.46. The number of rotatable bonds is 6. The van der Waals surface area contributed by atoms with Crippen molar-refractivity contribution >= 4 is 15.7 Å². The maximum absolute atomic E-state index is 12.2. The SMILES string of the molecule is CCc1ccc(S(=O)(=O)NCCN2CCCC2)cc1N. The molecule has 1 heterocycles. The molecule has 0 aliphatic carbocycles. The molecule has 112 valence electrons. The minimum Gasteiger partial charge on any atom is -0.398 e. The highest BCUT2D eigenvalue weighted by atomic mass is 32.2. The Kier molecular flexibility index (Phi) is 5.01. The number of anilines is 1. The summed E-state index contributed by atoms with van der Waals surface area (Å²) in [4.78, 5) is 2.52. The van der Waals surface area contributed by atoms with E-state index in [2.05, 4.69) is 9.62 Å². The van der Waals surface area contributed by atoms with Crippen LogP contribution in [0.2, 0.25) is 0 Å². The molecule has 1 aromatic carbocycles. The molecule has 1 aromatic rings. The number of sulfonamides is 1. The number of nitrogens with two attached hydrogens (primary N) is 1. The Morgan fingerprint density at radius 3 is 2.60 bits per heavy atom. The molecule has 20 heavy (non-hydrogen) atoms. The number of hydrogen-bond acceptors (Lipinski definition) is 4. The molecule has 6 heteroatoms. The van der Waals surface area contributed by atoms with Crippen molar-refractivity contribution in [2.75, 3.05) is 31.9 Å². The van der Waals surface area contributed by atoms with Crippen molar-refractivity contribution in [2.24, 2.45) is 0 Å². The summed E-state index contributed by atoms with van der Waals surface area (Å²) in [6.07, 6.45) is 3.22. The second-order valence-corrected chi connectivity index (χ2v) is 6.93. The summed E-state index contributed by atoms with van der Waals surface area (Å²) in [5.74, 6) is 0. The number of likely N-dealkylation sites (tertiary alicyclic amines) is 1. The average Bonchev–Trinajstić information content (AvgIpc) is 2.91. The van der Waals surface area contributed by atoms with Crippen molar-refractivity contribution in [2.45, 2.75) is 31.1 Å². The molecular formula is C14H23N3O2S. The second-order valence-electron chi connectivity index (χ2n) is 5.16. The summed E-state index contributed by atoms with van der Waals surface area (Å²) >= 11 is 0. The van der Waals surface area contributed by atoms with Gasteiger partial charge in [0.05, 0.1) is 4.90 Å². The third-order valence-corrected chi connectivity index (χ3v) is 5.19. The van der Waals surface area contributed by atoms with Crippen molar-refractivity contribution in [3.05, 3.63) is 23.8 Å². The predicted octanol–water partition coefficient (Wildman–Crippen LogP) is 1.21. The van der Waals surface area contributed by atoms with E-state index in [1.165, 1.54) is 18.9 Å². The number of aryl methyl sites for hydroxylation is 1. The van der Waals surface area contributed by atoms with Gasteiger partial charge < -0.3 is 10.6 Å². The Morgan fingerprint density at radius 1 is 1.30 bits per heavy atom. The first kappa shape index (κ1) is 15.3. The van der Waals surface area contributed by atoms with Gasteiger partial charge in [-0.2, -0.15) is 0 Å². The third kappa shape index (κ3) is 3.71. The maximum Gasteiger partial charge on any atom is 0.240 e. The summed E-state index contributed by atoms with van der Waals surface area (Å²) in [6, 6.07) is 4.94. The van der Waals surface area contributed by atoms with Gasteiger partial charge in [-0.05, 0) is 50.0 Å². The molecule has 0 amide bonds. The lowest BCUT2D eigenvalue weighted by Crippen LogP contribution is -2.33. The van der Waals surface area contributed by atoms with E-state index in [1.54, 1.807) is 12.1 Å². The molecule has 0 bridgehead atoms. The first-order valence-electron chi connectivity index (χ1n) is 7.13. The van der Waals surface area contributed by atoms with Gasteiger partial charge >= 0.3 is 0 Å². The first-order chi connectivity index (χ1) is 9.53. The van der Waals surface area contributed by atoms with Gasteiger partial charge in [-0.3, -0.25) is 0 Å². The summed E-state index contributed by atoms with van der Waals surface area (Å²) in [7, 11) is -3.46. The van der Waals surface area contributed by atoms with E-state index in [0.717, 1.165) is 31.6 Å². The van der Waals surface area contributed by atoms with Crippen molar-refractivity contribution < 1.29 is 8.42 Å². The van der Waals surface area contributed by atoms with Gasteiger partial charge in [-0.1, -0.05) is 13.0 Å². The lowest BCUT2D eigenvalue weighted by Gasteiger charge is -2.15. The molecule has 1 aliphatic rings. The van der Waals surface area contributed by atoms with E-state index in [9.17, 15) is 8.42 Å². The standard InChI is InChI=1S/C14H23N3O2S/c1-2-12-5-6-13(11-14(12)15)20(18,19)16-7-10-17-8-3-4-9-17/h5-6,11,16H,2-4,7-10,15H2,1H3. The van der Waals surface area contributed by atoms with Gasteiger partial charge in [-0.15, -0.1) is 0 Å². The van der Waals surface area contributed by atoms with Crippen LogP contribution in [-0.4, -0.2) is 39.5 Å². The second kappa shape index (κ2) is 6.56. The Balaban J connectivity index is 1.96. The van der Waals surface area contributed by atoms with Crippen LogP contribution in [0.3, 0.4) is 0 Å². The van der Waals surface area contributed by atoms with E-state index in [4.69, 9.17) is 5.73 Å². The van der Waals surface area contributed by atoms with Crippen molar-refractivity contribution in [1.29, 1.82) is 0 Å². The van der Waals surface area contributed by atoms with Gasteiger partial charge in [-0.25, -0.2) is 13.1 Å². The van der Waals surface area contributed by atoms with E-state index < -0.39 is 10.0 Å². The van der Waals surface area contributed by atoms with Crippen LogP contribution in [0.5, 0.6) is 0 Å². The number of nitrogens with zero attached hydrogens (tertiary/aromatic N) is 1. The van der Waals surface area contributed by atoms with Gasteiger partial charge in [0.1, 0.15) is 0 Å². The smallest absolute Gasteiger partial charge is 0.240 e. The molecule has 0 aromatic heterocycles. The summed E-state index contributed by atoms with van der Waals surface area (Å²) < 4.78 is 27.0. The molecule has 1 fully saturated rings. The van der Waals surface area contributed by atoms with Crippen LogP contribution in [-0.2, 0) is 16.4 Å².